The number of benzene rings is 1. The van der Waals surface area contributed by atoms with E-state index < -0.39 is 12.0 Å². The van der Waals surface area contributed by atoms with Crippen LogP contribution in [0.25, 0.3) is 0 Å². The van der Waals surface area contributed by atoms with Crippen LogP contribution in [0.3, 0.4) is 0 Å². The van der Waals surface area contributed by atoms with Gasteiger partial charge in [0.15, 0.2) is 0 Å². The topological polar surface area (TPSA) is 95.5 Å². The standard InChI is InChI=1S/C17H16N2O4S2/c1-9-16(22)18-11-7-10(4-5-14(11)25-9)17(23)19-12(8-15(20)21)13-3-2-6-24-13/h2-7,9,12H,8H2,1H3,(H,18,22)(H,19,23)(H,20,21)/t9-,12-/m1/s1. The average molecular weight is 376 g/mol. The van der Waals surface area contributed by atoms with Crippen molar-refractivity contribution in [2.75, 3.05) is 5.32 Å². The van der Waals surface area contributed by atoms with Crippen molar-refractivity contribution in [1.82, 2.24) is 5.32 Å². The van der Waals surface area contributed by atoms with E-state index in [0.717, 1.165) is 9.77 Å². The van der Waals surface area contributed by atoms with Crippen molar-refractivity contribution >= 4 is 46.6 Å². The quantitative estimate of drug-likeness (QED) is 0.745. The van der Waals surface area contributed by atoms with E-state index in [9.17, 15) is 14.4 Å². The summed E-state index contributed by atoms with van der Waals surface area (Å²) in [5.41, 5.74) is 0.979. The summed E-state index contributed by atoms with van der Waals surface area (Å²) < 4.78 is 0. The normalized spacial score (nSPS) is 17.3. The number of nitrogens with one attached hydrogen (secondary N) is 2. The van der Waals surface area contributed by atoms with Gasteiger partial charge in [0.05, 0.1) is 23.4 Å². The Morgan fingerprint density at radius 3 is 2.84 bits per heavy atom. The molecule has 2 heterocycles. The maximum Gasteiger partial charge on any atom is 0.305 e. The number of rotatable bonds is 5. The highest BCUT2D eigenvalue weighted by Gasteiger charge is 2.25. The Morgan fingerprint density at radius 2 is 2.16 bits per heavy atom. The predicted molar refractivity (Wildman–Crippen MR) is 97.2 cm³/mol. The van der Waals surface area contributed by atoms with E-state index in [2.05, 4.69) is 10.6 Å². The summed E-state index contributed by atoms with van der Waals surface area (Å²) in [5.74, 6) is -1.46. The minimum atomic E-state index is -0.984. The number of carboxylic acids is 1. The molecule has 0 radical (unpaired) electrons. The predicted octanol–water partition coefficient (Wildman–Crippen LogP) is 3.13. The number of thiophene rings is 1. The lowest BCUT2D eigenvalue weighted by Gasteiger charge is -2.22. The Morgan fingerprint density at radius 1 is 1.36 bits per heavy atom. The Balaban J connectivity index is 1.79. The maximum atomic E-state index is 12.5. The zero-order valence-corrected chi connectivity index (χ0v) is 14.9. The molecule has 3 rings (SSSR count). The summed E-state index contributed by atoms with van der Waals surface area (Å²) >= 11 is 2.84. The first-order chi connectivity index (χ1) is 11.9. The van der Waals surface area contributed by atoms with Crippen molar-refractivity contribution < 1.29 is 19.5 Å². The number of aliphatic carboxylic acids is 1. The third-order valence-corrected chi connectivity index (χ3v) is 5.91. The van der Waals surface area contributed by atoms with E-state index in [4.69, 9.17) is 5.11 Å². The second-order valence-electron chi connectivity index (χ2n) is 5.60. The molecular weight excluding hydrogens is 360 g/mol. The molecule has 0 fully saturated rings. The van der Waals surface area contributed by atoms with Crippen molar-refractivity contribution in [2.24, 2.45) is 0 Å². The summed E-state index contributed by atoms with van der Waals surface area (Å²) in [4.78, 5) is 37.1. The zero-order valence-electron chi connectivity index (χ0n) is 13.3. The molecule has 1 aliphatic heterocycles. The van der Waals surface area contributed by atoms with Gasteiger partial charge in [0.2, 0.25) is 5.91 Å². The molecule has 0 bridgehead atoms. The second kappa shape index (κ2) is 7.28. The van der Waals surface area contributed by atoms with Gasteiger partial charge in [-0.25, -0.2) is 0 Å². The van der Waals surface area contributed by atoms with E-state index in [1.807, 2.05) is 18.4 Å². The molecule has 2 amide bonds. The number of fused-ring (bicyclic) bond motifs is 1. The Kier molecular flexibility index (Phi) is 5.10. The van der Waals surface area contributed by atoms with Crippen LogP contribution in [-0.4, -0.2) is 28.1 Å². The summed E-state index contributed by atoms with van der Waals surface area (Å²) in [6, 6.07) is 8.11. The van der Waals surface area contributed by atoms with Crippen molar-refractivity contribution in [3.8, 4) is 0 Å². The Labute approximate surface area is 152 Å². The highest BCUT2D eigenvalue weighted by Crippen LogP contribution is 2.36. The van der Waals surface area contributed by atoms with Crippen molar-refractivity contribution in [2.45, 2.75) is 29.5 Å². The molecule has 130 valence electrons. The summed E-state index contributed by atoms with van der Waals surface area (Å²) in [7, 11) is 0. The van der Waals surface area contributed by atoms with Crippen LogP contribution in [0.5, 0.6) is 0 Å². The van der Waals surface area contributed by atoms with Crippen LogP contribution in [0.2, 0.25) is 0 Å². The van der Waals surface area contributed by atoms with Gasteiger partial charge in [-0.1, -0.05) is 6.07 Å². The molecule has 1 aromatic heterocycles. The zero-order chi connectivity index (χ0) is 18.0. The third-order valence-electron chi connectivity index (χ3n) is 3.74. The number of hydrogen-bond donors (Lipinski definition) is 3. The molecule has 0 spiro atoms. The molecule has 8 heteroatoms. The van der Waals surface area contributed by atoms with Gasteiger partial charge in [0, 0.05) is 15.3 Å². The molecule has 0 aliphatic carbocycles. The SMILES string of the molecule is C[C@H]1Sc2ccc(C(=O)N[C@H](CC(=O)O)c3cccs3)cc2NC1=O. The number of thioether (sulfide) groups is 1. The first-order valence-electron chi connectivity index (χ1n) is 7.61. The molecule has 0 unspecified atom stereocenters. The molecule has 0 saturated heterocycles. The second-order valence-corrected chi connectivity index (χ2v) is 7.96. The van der Waals surface area contributed by atoms with Crippen molar-refractivity contribution in [3.05, 3.63) is 46.2 Å². The van der Waals surface area contributed by atoms with Gasteiger partial charge in [0.25, 0.3) is 5.91 Å². The Bertz CT molecular complexity index is 820. The van der Waals surface area contributed by atoms with Crippen molar-refractivity contribution in [1.29, 1.82) is 0 Å². The number of carbonyl (C=O) groups excluding carboxylic acids is 2. The lowest BCUT2D eigenvalue weighted by molar-refractivity contribution is -0.137. The largest absolute Gasteiger partial charge is 0.481 e. The average Bonchev–Trinajstić information content (AvgIpc) is 3.09. The molecular formula is C17H16N2O4S2. The fourth-order valence-corrected chi connectivity index (χ4v) is 4.19. The van der Waals surface area contributed by atoms with Crippen LogP contribution >= 0.6 is 23.1 Å². The molecule has 25 heavy (non-hydrogen) atoms. The first-order valence-corrected chi connectivity index (χ1v) is 9.37. The Hall–Kier alpha value is -2.32. The molecule has 1 aliphatic rings. The summed E-state index contributed by atoms with van der Waals surface area (Å²) in [5, 5.41) is 16.3. The minimum absolute atomic E-state index is 0.0996. The van der Waals surface area contributed by atoms with Gasteiger partial charge >= 0.3 is 5.97 Å². The monoisotopic (exact) mass is 376 g/mol. The minimum Gasteiger partial charge on any atom is -0.481 e. The van der Waals surface area contributed by atoms with Crippen LogP contribution in [0.4, 0.5) is 5.69 Å². The van der Waals surface area contributed by atoms with Crippen LogP contribution in [-0.2, 0) is 9.59 Å². The van der Waals surface area contributed by atoms with Gasteiger partial charge in [-0.3, -0.25) is 14.4 Å². The fraction of sp³-hybridized carbons (Fsp3) is 0.235. The van der Waals surface area contributed by atoms with Gasteiger partial charge in [-0.2, -0.15) is 0 Å². The van der Waals surface area contributed by atoms with Gasteiger partial charge < -0.3 is 15.7 Å². The van der Waals surface area contributed by atoms with E-state index in [0.29, 0.717) is 11.3 Å². The van der Waals surface area contributed by atoms with Gasteiger partial charge in [-0.05, 0) is 36.6 Å². The lowest BCUT2D eigenvalue weighted by Crippen LogP contribution is -2.30. The lowest BCUT2D eigenvalue weighted by atomic mass is 10.1. The summed E-state index contributed by atoms with van der Waals surface area (Å²) in [6.07, 6.45) is -0.193. The molecule has 1 aromatic carbocycles. The van der Waals surface area contributed by atoms with E-state index in [-0.39, 0.29) is 23.5 Å². The van der Waals surface area contributed by atoms with Crippen molar-refractivity contribution in [3.63, 3.8) is 0 Å². The first kappa shape index (κ1) is 17.5. The molecule has 2 aromatic rings. The molecule has 0 saturated carbocycles. The van der Waals surface area contributed by atoms with Gasteiger partial charge in [-0.15, -0.1) is 23.1 Å². The van der Waals surface area contributed by atoms with Crippen LogP contribution < -0.4 is 10.6 Å². The van der Waals surface area contributed by atoms with E-state index >= 15 is 0 Å². The highest BCUT2D eigenvalue weighted by molar-refractivity contribution is 8.00. The number of carbonyl (C=O) groups is 3. The number of carboxylic acid groups (broad SMARTS) is 1. The molecule has 3 N–H and O–H groups in total. The maximum absolute atomic E-state index is 12.5. The number of anilines is 1. The van der Waals surface area contributed by atoms with Crippen LogP contribution in [0.1, 0.15) is 34.6 Å². The van der Waals surface area contributed by atoms with Gasteiger partial charge in [0.1, 0.15) is 0 Å². The molecule has 2 atom stereocenters. The van der Waals surface area contributed by atoms with E-state index in [1.165, 1.54) is 23.1 Å². The molecule has 6 nitrogen and oxygen atoms in total. The van der Waals surface area contributed by atoms with E-state index in [1.54, 1.807) is 24.3 Å². The van der Waals surface area contributed by atoms with Crippen LogP contribution in [0.15, 0.2) is 40.6 Å². The third kappa shape index (κ3) is 4.02. The smallest absolute Gasteiger partial charge is 0.305 e. The summed E-state index contributed by atoms with van der Waals surface area (Å²) in [6.45, 7) is 1.82. The van der Waals surface area contributed by atoms with Crippen LogP contribution in [0, 0.1) is 0 Å². The fourth-order valence-electron chi connectivity index (χ4n) is 2.48. The number of hydrogen-bond acceptors (Lipinski definition) is 5. The number of amides is 2. The highest BCUT2D eigenvalue weighted by atomic mass is 32.2.